The van der Waals surface area contributed by atoms with Gasteiger partial charge in [0.25, 0.3) is 5.91 Å². The van der Waals surface area contributed by atoms with E-state index in [4.69, 9.17) is 14.2 Å². The molecule has 0 aromatic heterocycles. The normalized spacial score (nSPS) is 12.5. The van der Waals surface area contributed by atoms with Crippen molar-refractivity contribution in [2.75, 3.05) is 20.2 Å². The van der Waals surface area contributed by atoms with E-state index in [0.29, 0.717) is 0 Å². The molecule has 0 bridgehead atoms. The van der Waals surface area contributed by atoms with Crippen LogP contribution in [0.15, 0.2) is 30.3 Å². The van der Waals surface area contributed by atoms with E-state index in [2.05, 4.69) is 20.7 Å². The highest BCUT2D eigenvalue weighted by Gasteiger charge is 2.36. The average Bonchev–Trinajstić information content (AvgIpc) is 2.81. The standard InChI is InChI=1S/C24H35N3O9/c1-15(2)19(27-23(32)36-24(3,4)5)20(21(30)25-12-17(28)33-6)35-18(29)13-26-22(31)34-14-16-10-8-7-9-11-16/h7-11,15,19-20H,12-14H2,1-6H3,(H,25,30)(H,26,31)(H,27,32)/t19-,20?/m0/s1. The topological polar surface area (TPSA) is 158 Å². The highest BCUT2D eigenvalue weighted by atomic mass is 16.6. The summed E-state index contributed by atoms with van der Waals surface area (Å²) in [6, 6.07) is 7.91. The Balaban J connectivity index is 2.85. The average molecular weight is 510 g/mol. The van der Waals surface area contributed by atoms with Crippen LogP contribution in [0, 0.1) is 5.92 Å². The molecule has 0 fully saturated rings. The molecule has 12 heteroatoms. The number of alkyl carbamates (subject to hydrolysis) is 2. The van der Waals surface area contributed by atoms with Gasteiger partial charge in [-0.3, -0.25) is 14.4 Å². The summed E-state index contributed by atoms with van der Waals surface area (Å²) in [5, 5.41) is 7.08. The van der Waals surface area contributed by atoms with E-state index in [1.54, 1.807) is 58.9 Å². The first-order chi connectivity index (χ1) is 16.8. The molecule has 36 heavy (non-hydrogen) atoms. The second-order valence-electron chi connectivity index (χ2n) is 9.04. The van der Waals surface area contributed by atoms with E-state index in [1.165, 1.54) is 0 Å². The van der Waals surface area contributed by atoms with Crippen LogP contribution in [-0.4, -0.2) is 68.0 Å². The summed E-state index contributed by atoms with van der Waals surface area (Å²) in [5.74, 6) is -2.95. The Labute approximate surface area is 210 Å². The Bertz CT molecular complexity index is 898. The van der Waals surface area contributed by atoms with Crippen LogP contribution in [0.2, 0.25) is 0 Å². The van der Waals surface area contributed by atoms with Crippen molar-refractivity contribution in [3.63, 3.8) is 0 Å². The largest absolute Gasteiger partial charge is 0.468 e. The Hall–Kier alpha value is -3.83. The van der Waals surface area contributed by atoms with Crippen LogP contribution in [0.3, 0.4) is 0 Å². The lowest BCUT2D eigenvalue weighted by molar-refractivity contribution is -0.158. The van der Waals surface area contributed by atoms with Crippen molar-refractivity contribution < 1.29 is 42.9 Å². The van der Waals surface area contributed by atoms with Crippen LogP contribution in [0.25, 0.3) is 0 Å². The van der Waals surface area contributed by atoms with E-state index in [-0.39, 0.29) is 6.61 Å². The van der Waals surface area contributed by atoms with E-state index in [0.717, 1.165) is 12.7 Å². The molecule has 1 aromatic carbocycles. The fraction of sp³-hybridized carbons (Fsp3) is 0.542. The van der Waals surface area contributed by atoms with E-state index in [9.17, 15) is 24.0 Å². The smallest absolute Gasteiger partial charge is 0.408 e. The molecule has 1 unspecified atom stereocenters. The zero-order chi connectivity index (χ0) is 27.3. The van der Waals surface area contributed by atoms with Gasteiger partial charge in [-0.25, -0.2) is 9.59 Å². The van der Waals surface area contributed by atoms with Gasteiger partial charge in [0.05, 0.1) is 13.2 Å². The monoisotopic (exact) mass is 509 g/mol. The van der Waals surface area contributed by atoms with Gasteiger partial charge < -0.3 is 34.9 Å². The molecular weight excluding hydrogens is 474 g/mol. The zero-order valence-electron chi connectivity index (χ0n) is 21.4. The van der Waals surface area contributed by atoms with Crippen LogP contribution in [-0.2, 0) is 39.9 Å². The molecule has 0 aliphatic rings. The third kappa shape index (κ3) is 12.0. The molecule has 0 radical (unpaired) electrons. The molecule has 0 spiro atoms. The molecule has 1 rings (SSSR count). The Morgan fingerprint density at radius 1 is 0.889 bits per heavy atom. The van der Waals surface area contributed by atoms with Crippen molar-refractivity contribution in [3.8, 4) is 0 Å². The van der Waals surface area contributed by atoms with Crippen molar-refractivity contribution in [1.29, 1.82) is 0 Å². The van der Waals surface area contributed by atoms with Crippen molar-refractivity contribution in [1.82, 2.24) is 16.0 Å². The number of nitrogens with one attached hydrogen (secondary N) is 3. The lowest BCUT2D eigenvalue weighted by Crippen LogP contribution is -2.56. The molecule has 3 N–H and O–H groups in total. The fourth-order valence-electron chi connectivity index (χ4n) is 2.76. The lowest BCUT2D eigenvalue weighted by Gasteiger charge is -2.30. The number of amides is 3. The first kappa shape index (κ1) is 30.2. The molecule has 0 aliphatic carbocycles. The summed E-state index contributed by atoms with van der Waals surface area (Å²) in [4.78, 5) is 61.0. The first-order valence-electron chi connectivity index (χ1n) is 11.3. The van der Waals surface area contributed by atoms with E-state index >= 15 is 0 Å². The molecular formula is C24H35N3O9. The minimum absolute atomic E-state index is 0.00445. The zero-order valence-corrected chi connectivity index (χ0v) is 21.4. The van der Waals surface area contributed by atoms with Crippen LogP contribution >= 0.6 is 0 Å². The summed E-state index contributed by atoms with van der Waals surface area (Å²) < 4.78 is 20.1. The number of rotatable bonds is 11. The van der Waals surface area contributed by atoms with Crippen molar-refractivity contribution in [2.24, 2.45) is 5.92 Å². The highest BCUT2D eigenvalue weighted by molar-refractivity contribution is 5.88. The third-order valence-electron chi connectivity index (χ3n) is 4.47. The van der Waals surface area contributed by atoms with Crippen molar-refractivity contribution in [3.05, 3.63) is 35.9 Å². The summed E-state index contributed by atoms with van der Waals surface area (Å²) in [7, 11) is 1.15. The molecule has 12 nitrogen and oxygen atoms in total. The Kier molecular flexibility index (Phi) is 12.2. The Morgan fingerprint density at radius 3 is 2.06 bits per heavy atom. The highest BCUT2D eigenvalue weighted by Crippen LogP contribution is 2.14. The summed E-state index contributed by atoms with van der Waals surface area (Å²) >= 11 is 0. The van der Waals surface area contributed by atoms with Gasteiger partial charge in [-0.1, -0.05) is 44.2 Å². The Morgan fingerprint density at radius 2 is 1.50 bits per heavy atom. The van der Waals surface area contributed by atoms with Gasteiger partial charge in [0.1, 0.15) is 25.3 Å². The maximum atomic E-state index is 12.8. The fourth-order valence-corrected chi connectivity index (χ4v) is 2.76. The van der Waals surface area contributed by atoms with Gasteiger partial charge in [0.15, 0.2) is 0 Å². The van der Waals surface area contributed by atoms with Crippen molar-refractivity contribution >= 4 is 30.0 Å². The second-order valence-corrected chi connectivity index (χ2v) is 9.04. The molecule has 0 aliphatic heterocycles. The van der Waals surface area contributed by atoms with Crippen molar-refractivity contribution in [2.45, 2.75) is 59.0 Å². The maximum absolute atomic E-state index is 12.8. The third-order valence-corrected chi connectivity index (χ3v) is 4.47. The van der Waals surface area contributed by atoms with E-state index < -0.39 is 66.8 Å². The van der Waals surface area contributed by atoms with Gasteiger partial charge in [-0.2, -0.15) is 0 Å². The minimum Gasteiger partial charge on any atom is -0.468 e. The number of esters is 2. The second kappa shape index (κ2) is 14.5. The first-order valence-corrected chi connectivity index (χ1v) is 11.3. The predicted octanol–water partition coefficient (Wildman–Crippen LogP) is 1.66. The van der Waals surface area contributed by atoms with Gasteiger partial charge in [-0.05, 0) is 32.3 Å². The molecule has 1 aromatic rings. The molecule has 2 atom stereocenters. The number of hydrogen-bond donors (Lipinski definition) is 3. The number of methoxy groups -OCH3 is 1. The minimum atomic E-state index is -1.54. The number of benzene rings is 1. The van der Waals surface area contributed by atoms with Gasteiger partial charge in [0.2, 0.25) is 6.10 Å². The molecule has 3 amide bonds. The lowest BCUT2D eigenvalue weighted by atomic mass is 9.97. The van der Waals surface area contributed by atoms with Gasteiger partial charge in [0, 0.05) is 0 Å². The number of hydrogen-bond acceptors (Lipinski definition) is 9. The molecule has 200 valence electrons. The van der Waals surface area contributed by atoms with Gasteiger partial charge >= 0.3 is 24.1 Å². The van der Waals surface area contributed by atoms with Crippen LogP contribution in [0.1, 0.15) is 40.2 Å². The van der Waals surface area contributed by atoms with Gasteiger partial charge in [-0.15, -0.1) is 0 Å². The number of ether oxygens (including phenoxy) is 4. The maximum Gasteiger partial charge on any atom is 0.408 e. The van der Waals surface area contributed by atoms with Crippen LogP contribution < -0.4 is 16.0 Å². The summed E-state index contributed by atoms with van der Waals surface area (Å²) in [6.45, 7) is 7.29. The summed E-state index contributed by atoms with van der Waals surface area (Å²) in [5.41, 5.74) is -0.0554. The van der Waals surface area contributed by atoms with E-state index in [1.807, 2.05) is 6.07 Å². The molecule has 0 heterocycles. The molecule has 0 saturated carbocycles. The summed E-state index contributed by atoms with van der Waals surface area (Å²) in [6.07, 6.45) is -3.24. The van der Waals surface area contributed by atoms with Crippen LogP contribution in [0.4, 0.5) is 9.59 Å². The number of carbonyl (C=O) groups excluding carboxylic acids is 5. The number of carbonyl (C=O) groups is 5. The predicted molar refractivity (Wildman–Crippen MR) is 128 cm³/mol. The quantitative estimate of drug-likeness (QED) is 0.298. The van der Waals surface area contributed by atoms with Crippen LogP contribution in [0.5, 0.6) is 0 Å². The SMILES string of the molecule is COC(=O)CNC(=O)C(OC(=O)CNC(=O)OCc1ccccc1)[C@@H](NC(=O)OC(C)(C)C)C(C)C. The molecule has 0 saturated heterocycles.